The molecule has 2 aromatic carbocycles. The van der Waals surface area contributed by atoms with Gasteiger partial charge in [0.15, 0.2) is 0 Å². The molecule has 0 heterocycles. The SMILES string of the molecule is Cc1ccc(S(=O)(=O)/C=C(\I)c2cccc([N+](=O)[O-])c2)cc1. The zero-order valence-electron chi connectivity index (χ0n) is 11.6. The van der Waals surface area contributed by atoms with Gasteiger partial charge in [0.2, 0.25) is 9.84 Å². The van der Waals surface area contributed by atoms with Crippen LogP contribution in [0.5, 0.6) is 0 Å². The van der Waals surface area contributed by atoms with E-state index < -0.39 is 14.8 Å². The highest BCUT2D eigenvalue weighted by molar-refractivity contribution is 14.1. The maximum Gasteiger partial charge on any atom is 0.270 e. The van der Waals surface area contributed by atoms with Crippen LogP contribution in [0.1, 0.15) is 11.1 Å². The van der Waals surface area contributed by atoms with Crippen LogP contribution in [0.2, 0.25) is 0 Å². The van der Waals surface area contributed by atoms with Crippen LogP contribution in [0.3, 0.4) is 0 Å². The van der Waals surface area contributed by atoms with Crippen LogP contribution < -0.4 is 0 Å². The smallest absolute Gasteiger partial charge is 0.258 e. The van der Waals surface area contributed by atoms with E-state index >= 15 is 0 Å². The van der Waals surface area contributed by atoms with Crippen molar-refractivity contribution in [3.63, 3.8) is 0 Å². The normalized spacial score (nSPS) is 12.2. The first kappa shape index (κ1) is 16.6. The zero-order valence-corrected chi connectivity index (χ0v) is 14.5. The first-order valence-corrected chi connectivity index (χ1v) is 8.86. The van der Waals surface area contributed by atoms with Crippen molar-refractivity contribution < 1.29 is 13.3 Å². The van der Waals surface area contributed by atoms with Crippen LogP contribution in [-0.2, 0) is 9.84 Å². The minimum atomic E-state index is -3.60. The van der Waals surface area contributed by atoms with Gasteiger partial charge in [-0.05, 0) is 47.2 Å². The summed E-state index contributed by atoms with van der Waals surface area (Å²) < 4.78 is 25.1. The fraction of sp³-hybridized carbons (Fsp3) is 0.0667. The van der Waals surface area contributed by atoms with Crippen LogP contribution in [0.15, 0.2) is 58.8 Å². The Hall–Kier alpha value is -1.74. The maximum atomic E-state index is 12.3. The minimum absolute atomic E-state index is 0.0761. The van der Waals surface area contributed by atoms with Gasteiger partial charge in [-0.15, -0.1) is 0 Å². The molecular weight excluding hydrogens is 417 g/mol. The number of aryl methyl sites for hydroxylation is 1. The van der Waals surface area contributed by atoms with Gasteiger partial charge in [0.05, 0.1) is 9.82 Å². The van der Waals surface area contributed by atoms with E-state index in [9.17, 15) is 18.5 Å². The molecule has 22 heavy (non-hydrogen) atoms. The second kappa shape index (κ2) is 6.57. The summed E-state index contributed by atoms with van der Waals surface area (Å²) in [4.78, 5) is 10.5. The Kier molecular flexibility index (Phi) is 4.97. The van der Waals surface area contributed by atoms with Gasteiger partial charge in [0.25, 0.3) is 5.69 Å². The fourth-order valence-electron chi connectivity index (χ4n) is 1.77. The minimum Gasteiger partial charge on any atom is -0.258 e. The summed E-state index contributed by atoms with van der Waals surface area (Å²) in [5.41, 5.74) is 1.38. The molecular formula is C15H12INO4S. The predicted molar refractivity (Wildman–Crippen MR) is 93.5 cm³/mol. The average molecular weight is 429 g/mol. The van der Waals surface area contributed by atoms with Crippen molar-refractivity contribution in [1.29, 1.82) is 0 Å². The van der Waals surface area contributed by atoms with Crippen LogP contribution in [0.4, 0.5) is 5.69 Å². The Bertz CT molecular complexity index is 842. The Balaban J connectivity index is 2.41. The lowest BCUT2D eigenvalue weighted by molar-refractivity contribution is -0.384. The van der Waals surface area contributed by atoms with E-state index in [-0.39, 0.29) is 10.6 Å². The van der Waals surface area contributed by atoms with E-state index in [1.54, 1.807) is 30.3 Å². The standard InChI is InChI=1S/C15H12INO4S/c1-11-5-7-14(8-6-11)22(20,21)10-15(16)12-3-2-4-13(9-12)17(18)19/h2-10H,1H3/b15-10-. The molecule has 0 aliphatic rings. The molecule has 0 radical (unpaired) electrons. The third-order valence-corrected chi connectivity index (χ3v) is 5.77. The van der Waals surface area contributed by atoms with Crippen LogP contribution in [-0.4, -0.2) is 13.3 Å². The predicted octanol–water partition coefficient (Wildman–Crippen LogP) is 4.11. The van der Waals surface area contributed by atoms with E-state index in [2.05, 4.69) is 0 Å². The number of nitro groups is 1. The molecule has 0 unspecified atom stereocenters. The Morgan fingerprint density at radius 3 is 2.41 bits per heavy atom. The van der Waals surface area contributed by atoms with Crippen molar-refractivity contribution in [1.82, 2.24) is 0 Å². The first-order valence-electron chi connectivity index (χ1n) is 6.23. The summed E-state index contributed by atoms with van der Waals surface area (Å²) in [6.45, 7) is 1.87. The van der Waals surface area contributed by atoms with Crippen molar-refractivity contribution in [2.45, 2.75) is 11.8 Å². The lowest BCUT2D eigenvalue weighted by Gasteiger charge is -2.03. The molecule has 7 heteroatoms. The summed E-state index contributed by atoms with van der Waals surface area (Å²) in [7, 11) is -3.60. The Morgan fingerprint density at radius 1 is 1.18 bits per heavy atom. The van der Waals surface area contributed by atoms with E-state index in [1.165, 1.54) is 18.2 Å². The van der Waals surface area contributed by atoms with E-state index in [1.807, 2.05) is 29.5 Å². The number of halogens is 1. The summed E-state index contributed by atoms with van der Waals surface area (Å²) in [5, 5.41) is 11.9. The molecule has 0 fully saturated rings. The molecule has 2 aromatic rings. The molecule has 0 amide bonds. The molecule has 2 rings (SSSR count). The highest BCUT2D eigenvalue weighted by Gasteiger charge is 2.14. The molecule has 0 N–H and O–H groups in total. The molecule has 0 saturated heterocycles. The summed E-state index contributed by atoms with van der Waals surface area (Å²) in [5.74, 6) is 0. The maximum absolute atomic E-state index is 12.3. The number of non-ortho nitro benzene ring substituents is 1. The van der Waals surface area contributed by atoms with Gasteiger partial charge in [-0.1, -0.05) is 29.8 Å². The first-order chi connectivity index (χ1) is 10.3. The third kappa shape index (κ3) is 3.92. The molecule has 0 atom stereocenters. The van der Waals surface area contributed by atoms with Crippen molar-refractivity contribution in [2.75, 3.05) is 0 Å². The average Bonchev–Trinajstić information content (AvgIpc) is 2.47. The monoisotopic (exact) mass is 429 g/mol. The van der Waals surface area contributed by atoms with Gasteiger partial charge in [-0.2, -0.15) is 0 Å². The second-order valence-electron chi connectivity index (χ2n) is 4.63. The number of nitro benzene ring substituents is 1. The quantitative estimate of drug-likeness (QED) is 0.417. The molecule has 114 valence electrons. The van der Waals surface area contributed by atoms with Crippen LogP contribution in [0, 0.1) is 17.0 Å². The molecule has 5 nitrogen and oxygen atoms in total. The fourth-order valence-corrected chi connectivity index (χ4v) is 4.17. The Labute approximate surface area is 141 Å². The van der Waals surface area contributed by atoms with E-state index in [0.717, 1.165) is 11.0 Å². The zero-order chi connectivity index (χ0) is 16.3. The van der Waals surface area contributed by atoms with Crippen molar-refractivity contribution in [2.24, 2.45) is 0 Å². The number of hydrogen-bond acceptors (Lipinski definition) is 4. The topological polar surface area (TPSA) is 77.3 Å². The van der Waals surface area contributed by atoms with Crippen LogP contribution >= 0.6 is 22.6 Å². The summed E-state index contributed by atoms with van der Waals surface area (Å²) >= 11 is 1.87. The molecule has 0 aliphatic carbocycles. The highest BCUT2D eigenvalue weighted by Crippen LogP contribution is 2.28. The number of benzene rings is 2. The molecule has 0 aromatic heterocycles. The lowest BCUT2D eigenvalue weighted by atomic mass is 10.2. The molecule has 0 bridgehead atoms. The van der Waals surface area contributed by atoms with Gasteiger partial charge < -0.3 is 0 Å². The van der Waals surface area contributed by atoms with Crippen molar-refractivity contribution >= 4 is 41.7 Å². The lowest BCUT2D eigenvalue weighted by Crippen LogP contribution is -1.97. The summed E-state index contributed by atoms with van der Waals surface area (Å²) in [6.07, 6.45) is 0. The van der Waals surface area contributed by atoms with Crippen molar-refractivity contribution in [3.05, 3.63) is 75.2 Å². The largest absolute Gasteiger partial charge is 0.270 e. The van der Waals surface area contributed by atoms with Gasteiger partial charge in [-0.3, -0.25) is 10.1 Å². The third-order valence-electron chi connectivity index (χ3n) is 2.94. The van der Waals surface area contributed by atoms with Gasteiger partial charge in [-0.25, -0.2) is 8.42 Å². The van der Waals surface area contributed by atoms with Gasteiger partial charge in [0, 0.05) is 21.1 Å². The molecule has 0 spiro atoms. The summed E-state index contributed by atoms with van der Waals surface area (Å²) in [6, 6.07) is 12.4. The molecule has 0 aliphatic heterocycles. The van der Waals surface area contributed by atoms with Crippen LogP contribution in [0.25, 0.3) is 3.58 Å². The molecule has 0 saturated carbocycles. The van der Waals surface area contributed by atoms with E-state index in [0.29, 0.717) is 9.14 Å². The van der Waals surface area contributed by atoms with E-state index in [4.69, 9.17) is 0 Å². The van der Waals surface area contributed by atoms with Gasteiger partial charge >= 0.3 is 0 Å². The Morgan fingerprint density at radius 2 is 1.82 bits per heavy atom. The van der Waals surface area contributed by atoms with Crippen molar-refractivity contribution in [3.8, 4) is 0 Å². The second-order valence-corrected chi connectivity index (χ2v) is 7.59. The number of hydrogen-bond donors (Lipinski definition) is 0. The number of sulfone groups is 1. The van der Waals surface area contributed by atoms with Gasteiger partial charge in [0.1, 0.15) is 0 Å². The number of rotatable bonds is 4. The highest BCUT2D eigenvalue weighted by atomic mass is 127. The number of nitrogens with zero attached hydrogens (tertiary/aromatic N) is 1.